The first-order valence-corrected chi connectivity index (χ1v) is 7.44. The second-order valence-corrected chi connectivity index (χ2v) is 4.95. The molecule has 2 aromatic rings. The lowest BCUT2D eigenvalue weighted by atomic mass is 10.2. The molecule has 5 nitrogen and oxygen atoms in total. The topological polar surface area (TPSA) is 66.9 Å². The van der Waals surface area contributed by atoms with Crippen LogP contribution in [0.4, 0.5) is 20.4 Å². The Morgan fingerprint density at radius 3 is 2.61 bits per heavy atom. The first kappa shape index (κ1) is 16.8. The molecule has 1 aromatic heterocycles. The average Bonchev–Trinajstić information content (AvgIpc) is 2.55. The lowest BCUT2D eigenvalue weighted by Crippen LogP contribution is -2.25. The minimum atomic E-state index is -0.761. The molecule has 0 fully saturated rings. The summed E-state index contributed by atoms with van der Waals surface area (Å²) in [4.78, 5) is 19.8. The molecule has 0 spiro atoms. The van der Waals surface area contributed by atoms with Gasteiger partial charge in [-0.2, -0.15) is 0 Å². The number of halogens is 2. The zero-order valence-electron chi connectivity index (χ0n) is 12.8. The molecule has 0 saturated carbocycles. The van der Waals surface area contributed by atoms with Crippen LogP contribution in [0.15, 0.2) is 30.5 Å². The van der Waals surface area contributed by atoms with Gasteiger partial charge in [0.15, 0.2) is 0 Å². The Labute approximate surface area is 133 Å². The van der Waals surface area contributed by atoms with Crippen molar-refractivity contribution >= 4 is 17.5 Å². The van der Waals surface area contributed by atoms with Crippen LogP contribution in [0.3, 0.4) is 0 Å². The molecule has 23 heavy (non-hydrogen) atoms. The number of carbonyl (C=O) groups is 1. The van der Waals surface area contributed by atoms with Crippen molar-refractivity contribution in [2.45, 2.75) is 26.2 Å². The van der Waals surface area contributed by atoms with Crippen LogP contribution in [0.5, 0.6) is 0 Å². The van der Waals surface area contributed by atoms with Gasteiger partial charge in [-0.1, -0.05) is 25.8 Å². The smallest absolute Gasteiger partial charge is 0.270 e. The van der Waals surface area contributed by atoms with Gasteiger partial charge in [-0.3, -0.25) is 4.79 Å². The molecular weight excluding hydrogens is 302 g/mol. The zero-order valence-corrected chi connectivity index (χ0v) is 12.8. The number of benzene rings is 1. The normalized spacial score (nSPS) is 10.4. The van der Waals surface area contributed by atoms with Crippen LogP contribution in [0.1, 0.15) is 36.7 Å². The number of carbonyl (C=O) groups excluding carboxylic acids is 1. The average molecular weight is 320 g/mol. The molecule has 0 aliphatic carbocycles. The molecule has 122 valence electrons. The number of nitrogens with zero attached hydrogens (tertiary/aromatic N) is 2. The molecule has 0 bridgehead atoms. The third-order valence-electron chi connectivity index (χ3n) is 3.15. The van der Waals surface area contributed by atoms with Crippen LogP contribution in [0, 0.1) is 11.6 Å². The van der Waals surface area contributed by atoms with E-state index in [-0.39, 0.29) is 23.2 Å². The van der Waals surface area contributed by atoms with Gasteiger partial charge in [0.2, 0.25) is 5.95 Å². The maximum Gasteiger partial charge on any atom is 0.270 e. The van der Waals surface area contributed by atoms with Crippen molar-refractivity contribution in [3.63, 3.8) is 0 Å². The maximum absolute atomic E-state index is 13.6. The first-order chi connectivity index (χ1) is 11.1. The molecule has 0 atom stereocenters. The maximum atomic E-state index is 13.6. The van der Waals surface area contributed by atoms with Crippen LogP contribution >= 0.6 is 0 Å². The van der Waals surface area contributed by atoms with Gasteiger partial charge >= 0.3 is 0 Å². The number of nitrogens with one attached hydrogen (secondary N) is 2. The Morgan fingerprint density at radius 1 is 1.17 bits per heavy atom. The number of rotatable bonds is 7. The van der Waals surface area contributed by atoms with E-state index >= 15 is 0 Å². The number of aromatic nitrogens is 2. The number of para-hydroxylation sites is 1. The molecule has 1 amide bonds. The van der Waals surface area contributed by atoms with Crippen LogP contribution in [-0.2, 0) is 0 Å². The van der Waals surface area contributed by atoms with E-state index in [0.29, 0.717) is 6.54 Å². The molecule has 2 N–H and O–H groups in total. The minimum absolute atomic E-state index is 0.0461. The molecular formula is C16H18F2N4O. The number of unbranched alkanes of at least 4 members (excludes halogenated alkanes) is 2. The van der Waals surface area contributed by atoms with Crippen molar-refractivity contribution in [3.8, 4) is 0 Å². The second-order valence-electron chi connectivity index (χ2n) is 4.95. The van der Waals surface area contributed by atoms with Crippen molar-refractivity contribution in [2.24, 2.45) is 0 Å². The molecule has 0 saturated heterocycles. The summed E-state index contributed by atoms with van der Waals surface area (Å²) in [6.07, 6.45) is 4.34. The summed E-state index contributed by atoms with van der Waals surface area (Å²) in [7, 11) is 0. The van der Waals surface area contributed by atoms with E-state index in [9.17, 15) is 13.6 Å². The predicted molar refractivity (Wildman–Crippen MR) is 83.5 cm³/mol. The molecule has 1 heterocycles. The lowest BCUT2D eigenvalue weighted by Gasteiger charge is -2.08. The van der Waals surface area contributed by atoms with E-state index < -0.39 is 11.6 Å². The Morgan fingerprint density at radius 2 is 1.91 bits per heavy atom. The van der Waals surface area contributed by atoms with Crippen molar-refractivity contribution in [3.05, 3.63) is 47.8 Å². The lowest BCUT2D eigenvalue weighted by molar-refractivity contribution is 0.0948. The van der Waals surface area contributed by atoms with Gasteiger partial charge in [0.1, 0.15) is 23.0 Å². The fraction of sp³-hybridized carbons (Fsp3) is 0.312. The second kappa shape index (κ2) is 8.17. The molecule has 2 rings (SSSR count). The third kappa shape index (κ3) is 4.70. The van der Waals surface area contributed by atoms with Gasteiger partial charge < -0.3 is 10.6 Å². The highest BCUT2D eigenvalue weighted by Gasteiger charge is 2.12. The molecule has 0 aliphatic heterocycles. The van der Waals surface area contributed by atoms with Gasteiger partial charge in [-0.05, 0) is 24.6 Å². The summed E-state index contributed by atoms with van der Waals surface area (Å²) >= 11 is 0. The van der Waals surface area contributed by atoms with E-state index in [1.165, 1.54) is 18.3 Å². The third-order valence-corrected chi connectivity index (χ3v) is 3.15. The summed E-state index contributed by atoms with van der Waals surface area (Å²) in [6, 6.07) is 4.94. The van der Waals surface area contributed by atoms with Gasteiger partial charge in [-0.25, -0.2) is 18.7 Å². The van der Waals surface area contributed by atoms with Crippen LogP contribution in [0.25, 0.3) is 0 Å². The Hall–Kier alpha value is -2.57. The van der Waals surface area contributed by atoms with Crippen molar-refractivity contribution in [1.82, 2.24) is 15.3 Å². The number of hydrogen-bond donors (Lipinski definition) is 2. The van der Waals surface area contributed by atoms with Gasteiger partial charge in [0.25, 0.3) is 5.91 Å². The summed E-state index contributed by atoms with van der Waals surface area (Å²) in [6.45, 7) is 2.63. The van der Waals surface area contributed by atoms with Gasteiger partial charge in [0.05, 0.1) is 0 Å². The monoisotopic (exact) mass is 320 g/mol. The standard InChI is InChI=1S/C16H18F2N4O/c1-2-3-4-9-19-15(23)13-8-10-20-16(21-13)22-14-11(17)6-5-7-12(14)18/h5-8,10H,2-4,9H2,1H3,(H,19,23)(H,20,21,22). The quantitative estimate of drug-likeness (QED) is 0.767. The summed E-state index contributed by atoms with van der Waals surface area (Å²) < 4.78 is 27.2. The number of hydrogen-bond acceptors (Lipinski definition) is 4. The summed E-state index contributed by atoms with van der Waals surface area (Å²) in [5.74, 6) is -1.91. The molecule has 7 heteroatoms. The molecule has 0 radical (unpaired) electrons. The van der Waals surface area contributed by atoms with E-state index in [2.05, 4.69) is 27.5 Å². The minimum Gasteiger partial charge on any atom is -0.351 e. The first-order valence-electron chi connectivity index (χ1n) is 7.44. The summed E-state index contributed by atoms with van der Waals surface area (Å²) in [5, 5.41) is 5.20. The van der Waals surface area contributed by atoms with Crippen LogP contribution in [-0.4, -0.2) is 22.4 Å². The van der Waals surface area contributed by atoms with Crippen LogP contribution in [0.2, 0.25) is 0 Å². The highest BCUT2D eigenvalue weighted by Crippen LogP contribution is 2.21. The molecule has 1 aromatic carbocycles. The number of anilines is 2. The zero-order chi connectivity index (χ0) is 16.7. The Balaban J connectivity index is 2.06. The van der Waals surface area contributed by atoms with Crippen LogP contribution < -0.4 is 10.6 Å². The fourth-order valence-electron chi connectivity index (χ4n) is 1.94. The van der Waals surface area contributed by atoms with Gasteiger partial charge in [-0.15, -0.1) is 0 Å². The van der Waals surface area contributed by atoms with Gasteiger partial charge in [0, 0.05) is 12.7 Å². The molecule has 0 aliphatic rings. The van der Waals surface area contributed by atoms with Crippen molar-refractivity contribution in [1.29, 1.82) is 0 Å². The van der Waals surface area contributed by atoms with Crippen molar-refractivity contribution < 1.29 is 13.6 Å². The number of amides is 1. The molecule has 0 unspecified atom stereocenters. The van der Waals surface area contributed by atoms with E-state index in [4.69, 9.17) is 0 Å². The predicted octanol–water partition coefficient (Wildman–Crippen LogP) is 3.42. The Kier molecular flexibility index (Phi) is 5.96. The Bertz CT molecular complexity index is 659. The van der Waals surface area contributed by atoms with Crippen molar-refractivity contribution in [2.75, 3.05) is 11.9 Å². The van der Waals surface area contributed by atoms with E-state index in [0.717, 1.165) is 31.4 Å². The van der Waals surface area contributed by atoms with E-state index in [1.807, 2.05) is 0 Å². The highest BCUT2D eigenvalue weighted by molar-refractivity contribution is 5.92. The largest absolute Gasteiger partial charge is 0.351 e. The van der Waals surface area contributed by atoms with E-state index in [1.54, 1.807) is 0 Å². The summed E-state index contributed by atoms with van der Waals surface area (Å²) in [5.41, 5.74) is -0.219. The highest BCUT2D eigenvalue weighted by atomic mass is 19.1. The fourth-order valence-corrected chi connectivity index (χ4v) is 1.94. The SMILES string of the molecule is CCCCCNC(=O)c1ccnc(Nc2c(F)cccc2F)n1.